The monoisotopic (exact) mass is 683 g/mol. The van der Waals surface area contributed by atoms with Crippen molar-refractivity contribution in [2.75, 3.05) is 39.6 Å². The van der Waals surface area contributed by atoms with Gasteiger partial charge in [-0.05, 0) is 24.7 Å². The van der Waals surface area contributed by atoms with Crippen molar-refractivity contribution in [2.45, 2.75) is 207 Å². The second kappa shape index (κ2) is 38.7. The average Bonchev–Trinajstić information content (AvgIpc) is 3.05. The van der Waals surface area contributed by atoms with Gasteiger partial charge in [0.05, 0.1) is 26.4 Å². The molecule has 0 unspecified atom stereocenters. The zero-order chi connectivity index (χ0) is 35.2. The second-order valence-electron chi connectivity index (χ2n) is 15.0. The molecule has 0 bridgehead atoms. The van der Waals surface area contributed by atoms with Crippen LogP contribution in [0.15, 0.2) is 0 Å². The van der Waals surface area contributed by atoms with Crippen LogP contribution in [0, 0.1) is 11.8 Å². The topological polar surface area (TPSA) is 71.1 Å². The highest BCUT2D eigenvalue weighted by Crippen LogP contribution is 2.16. The maximum Gasteiger partial charge on any atom is 0.305 e. The molecule has 0 rings (SSSR count). The van der Waals surface area contributed by atoms with E-state index in [4.69, 9.17) is 18.9 Å². The van der Waals surface area contributed by atoms with Gasteiger partial charge in [0.2, 0.25) is 0 Å². The lowest BCUT2D eigenvalue weighted by molar-refractivity contribution is -0.147. The maximum atomic E-state index is 11.9. The first-order valence-corrected chi connectivity index (χ1v) is 20.9. The highest BCUT2D eigenvalue weighted by molar-refractivity contribution is 5.69. The summed E-state index contributed by atoms with van der Waals surface area (Å²) in [5.74, 6) is 1.44. The Kier molecular flexibility index (Phi) is 37.7. The molecule has 6 nitrogen and oxygen atoms in total. The van der Waals surface area contributed by atoms with Gasteiger partial charge in [-0.2, -0.15) is 0 Å². The summed E-state index contributed by atoms with van der Waals surface area (Å²) in [4.78, 5) is 23.8. The van der Waals surface area contributed by atoms with E-state index in [1.807, 2.05) is 0 Å². The van der Waals surface area contributed by atoms with Crippen molar-refractivity contribution >= 4 is 11.9 Å². The molecular formula is C42H82O6. The number of hydrogen-bond donors (Lipinski definition) is 0. The van der Waals surface area contributed by atoms with Gasteiger partial charge in [-0.1, -0.05) is 182 Å². The average molecular weight is 683 g/mol. The van der Waals surface area contributed by atoms with E-state index in [9.17, 15) is 9.59 Å². The number of hydrogen-bond acceptors (Lipinski definition) is 6. The van der Waals surface area contributed by atoms with Crippen molar-refractivity contribution in [3.63, 3.8) is 0 Å². The first kappa shape index (κ1) is 46.9. The van der Waals surface area contributed by atoms with E-state index < -0.39 is 0 Å². The van der Waals surface area contributed by atoms with Gasteiger partial charge in [0.25, 0.3) is 0 Å². The Morgan fingerprint density at radius 3 is 0.833 bits per heavy atom. The maximum absolute atomic E-state index is 11.9. The summed E-state index contributed by atoms with van der Waals surface area (Å²) in [5.41, 5.74) is 0. The highest BCUT2D eigenvalue weighted by Gasteiger charge is 2.04. The van der Waals surface area contributed by atoms with Crippen LogP contribution in [0.3, 0.4) is 0 Å². The largest absolute Gasteiger partial charge is 0.463 e. The predicted octanol–water partition coefficient (Wildman–Crippen LogP) is 12.3. The summed E-state index contributed by atoms with van der Waals surface area (Å²) < 4.78 is 21.5. The van der Waals surface area contributed by atoms with Crippen LogP contribution in [0.25, 0.3) is 0 Å². The van der Waals surface area contributed by atoms with Crippen molar-refractivity contribution in [2.24, 2.45) is 11.8 Å². The summed E-state index contributed by atoms with van der Waals surface area (Å²) in [6.45, 7) is 11.4. The lowest BCUT2D eigenvalue weighted by Crippen LogP contribution is -2.15. The van der Waals surface area contributed by atoms with E-state index in [2.05, 4.69) is 27.7 Å². The summed E-state index contributed by atoms with van der Waals surface area (Å²) in [7, 11) is 0. The first-order chi connectivity index (χ1) is 23.4. The van der Waals surface area contributed by atoms with Crippen LogP contribution < -0.4 is 0 Å². The van der Waals surface area contributed by atoms with Gasteiger partial charge >= 0.3 is 11.9 Å². The summed E-state index contributed by atoms with van der Waals surface area (Å²) in [6.07, 6.45) is 34.9. The molecule has 48 heavy (non-hydrogen) atoms. The number of carbonyl (C=O) groups excluding carboxylic acids is 2. The van der Waals surface area contributed by atoms with Crippen LogP contribution in [0.4, 0.5) is 0 Å². The molecule has 0 aliphatic rings. The molecule has 0 atom stereocenters. The fraction of sp³-hybridized carbons (Fsp3) is 0.952. The van der Waals surface area contributed by atoms with E-state index in [-0.39, 0.29) is 25.2 Å². The smallest absolute Gasteiger partial charge is 0.305 e. The van der Waals surface area contributed by atoms with Gasteiger partial charge in [0.1, 0.15) is 13.2 Å². The third kappa shape index (κ3) is 41.0. The van der Waals surface area contributed by atoms with Gasteiger partial charge < -0.3 is 18.9 Å². The lowest BCUT2D eigenvalue weighted by atomic mass is 10.0. The molecule has 0 spiro atoms. The summed E-state index contributed by atoms with van der Waals surface area (Å²) in [5, 5.41) is 0. The van der Waals surface area contributed by atoms with E-state index >= 15 is 0 Å². The van der Waals surface area contributed by atoms with Gasteiger partial charge in [0, 0.05) is 12.8 Å². The van der Waals surface area contributed by atoms with E-state index in [1.165, 1.54) is 141 Å². The van der Waals surface area contributed by atoms with Crippen LogP contribution in [0.2, 0.25) is 0 Å². The molecule has 286 valence electrons. The molecule has 0 aromatic rings. The SMILES string of the molecule is CC(C)CCCCCCCCCCCCCCC(=O)OCCOCCOCCOC(=O)CCCCCCCCCCCCCCC(C)C. The minimum Gasteiger partial charge on any atom is -0.463 e. The van der Waals surface area contributed by atoms with Crippen molar-refractivity contribution in [3.05, 3.63) is 0 Å². The number of esters is 2. The molecule has 0 saturated carbocycles. The van der Waals surface area contributed by atoms with Gasteiger partial charge in [-0.15, -0.1) is 0 Å². The standard InChI is InChI=1S/C42H82O6/c1-39(2)29-25-21-17-13-9-5-7-11-15-19-23-27-31-41(43)47-37-35-45-33-34-46-36-38-48-42(44)32-28-24-20-16-12-8-6-10-14-18-22-26-30-40(3)4/h39-40H,5-38H2,1-4H3. The van der Waals surface area contributed by atoms with Crippen LogP contribution in [-0.2, 0) is 28.5 Å². The summed E-state index contributed by atoms with van der Waals surface area (Å²) in [6, 6.07) is 0. The minimum atomic E-state index is -0.131. The number of carbonyl (C=O) groups is 2. The van der Waals surface area contributed by atoms with Gasteiger partial charge in [0.15, 0.2) is 0 Å². The first-order valence-electron chi connectivity index (χ1n) is 20.9. The Bertz CT molecular complexity index is 609. The zero-order valence-electron chi connectivity index (χ0n) is 32.6. The Hall–Kier alpha value is -1.14. The van der Waals surface area contributed by atoms with Crippen molar-refractivity contribution in [1.82, 2.24) is 0 Å². The minimum absolute atomic E-state index is 0.131. The Morgan fingerprint density at radius 1 is 0.333 bits per heavy atom. The molecular weight excluding hydrogens is 600 g/mol. The highest BCUT2D eigenvalue weighted by atomic mass is 16.6. The van der Waals surface area contributed by atoms with E-state index in [0.29, 0.717) is 39.3 Å². The fourth-order valence-corrected chi connectivity index (χ4v) is 6.07. The normalized spacial score (nSPS) is 11.5. The van der Waals surface area contributed by atoms with Gasteiger partial charge in [-0.3, -0.25) is 9.59 Å². The molecule has 0 aliphatic heterocycles. The van der Waals surface area contributed by atoms with Crippen molar-refractivity contribution in [3.8, 4) is 0 Å². The lowest BCUT2D eigenvalue weighted by Gasteiger charge is -2.08. The predicted molar refractivity (Wildman–Crippen MR) is 203 cm³/mol. The molecule has 0 saturated heterocycles. The van der Waals surface area contributed by atoms with E-state index in [0.717, 1.165) is 37.5 Å². The Balaban J connectivity index is 3.24. The fourth-order valence-electron chi connectivity index (χ4n) is 6.07. The van der Waals surface area contributed by atoms with E-state index in [1.54, 1.807) is 0 Å². The second-order valence-corrected chi connectivity index (χ2v) is 15.0. The van der Waals surface area contributed by atoms with Crippen molar-refractivity contribution in [1.29, 1.82) is 0 Å². The quantitative estimate of drug-likeness (QED) is 0.0475. The molecule has 0 fully saturated rings. The number of unbranched alkanes of at least 4 members (excludes halogenated alkanes) is 22. The number of ether oxygens (including phenoxy) is 4. The molecule has 0 N–H and O–H groups in total. The molecule has 0 aromatic carbocycles. The van der Waals surface area contributed by atoms with Crippen LogP contribution in [-0.4, -0.2) is 51.6 Å². The van der Waals surface area contributed by atoms with Crippen LogP contribution >= 0.6 is 0 Å². The molecule has 0 aromatic heterocycles. The zero-order valence-corrected chi connectivity index (χ0v) is 32.6. The Morgan fingerprint density at radius 2 is 0.562 bits per heavy atom. The van der Waals surface area contributed by atoms with Crippen LogP contribution in [0.5, 0.6) is 0 Å². The van der Waals surface area contributed by atoms with Crippen LogP contribution in [0.1, 0.15) is 207 Å². The summed E-state index contributed by atoms with van der Waals surface area (Å²) >= 11 is 0. The van der Waals surface area contributed by atoms with Crippen molar-refractivity contribution < 1.29 is 28.5 Å². The molecule has 0 amide bonds. The molecule has 0 radical (unpaired) electrons. The molecule has 0 aliphatic carbocycles. The molecule has 0 heterocycles. The number of rotatable bonds is 39. The Labute approximate surface area is 298 Å². The third-order valence-electron chi connectivity index (χ3n) is 9.18. The third-order valence-corrected chi connectivity index (χ3v) is 9.18. The van der Waals surface area contributed by atoms with Gasteiger partial charge in [-0.25, -0.2) is 0 Å². The molecule has 6 heteroatoms.